The molecule has 0 aliphatic rings. The van der Waals surface area contributed by atoms with Crippen LogP contribution in [0.3, 0.4) is 0 Å². The lowest BCUT2D eigenvalue weighted by molar-refractivity contribution is 0.668. The van der Waals surface area contributed by atoms with Crippen LogP contribution in [-0.2, 0) is 0 Å². The second-order valence-corrected chi connectivity index (χ2v) is 26.2. The van der Waals surface area contributed by atoms with Gasteiger partial charge in [0.2, 0.25) is 21.1 Å². The molecule has 21 aromatic rings. The molecule has 21 rings (SSSR count). The molecule has 0 radical (unpaired) electrons. The number of hydrogen-bond donors (Lipinski definition) is 0. The van der Waals surface area contributed by atoms with Crippen molar-refractivity contribution in [2.75, 3.05) is 0 Å². The largest absolute Gasteiger partial charge is 0.456 e. The summed E-state index contributed by atoms with van der Waals surface area (Å²) in [6.07, 6.45) is 0. The summed E-state index contributed by atoms with van der Waals surface area (Å²) >= 11 is 24.8. The summed E-state index contributed by atoms with van der Waals surface area (Å²) in [4.78, 5) is 53.1. The van der Waals surface area contributed by atoms with Crippen LogP contribution in [0, 0.1) is 0 Å². The first-order valence-electron chi connectivity index (χ1n) is 34.1. The normalized spacial score (nSPS) is 11.3. The molecule has 0 bridgehead atoms. The predicted molar refractivity (Wildman–Crippen MR) is 429 cm³/mol. The molecule has 16 nitrogen and oxygen atoms in total. The number of nitrogens with zero attached hydrogens (tertiary/aromatic N) is 12. The highest BCUT2D eigenvalue weighted by atomic mass is 35.5. The molecular weight excluding hydrogens is 1430 g/mol. The third kappa shape index (κ3) is 13.3. The van der Waals surface area contributed by atoms with Crippen LogP contribution in [0.1, 0.15) is 0 Å². The molecule has 8 heterocycles. The van der Waals surface area contributed by atoms with Gasteiger partial charge in [-0.2, -0.15) is 39.9 Å². The highest BCUT2D eigenvalue weighted by Gasteiger charge is 2.22. The number of hydrogen-bond acceptors (Lipinski definition) is 16. The number of fused-ring (bicyclic) bond motifs is 14. The summed E-state index contributed by atoms with van der Waals surface area (Å²) in [5, 5.41) is 11.2. The second kappa shape index (κ2) is 28.9. The highest BCUT2D eigenvalue weighted by Crippen LogP contribution is 2.42. The molecule has 13 aromatic carbocycles. The zero-order valence-corrected chi connectivity index (χ0v) is 59.4. The molecule has 0 fully saturated rings. The molecule has 0 unspecified atom stereocenters. The van der Waals surface area contributed by atoms with E-state index in [1.165, 1.54) is 0 Å². The minimum absolute atomic E-state index is 0.149. The van der Waals surface area contributed by atoms with Gasteiger partial charge < -0.3 is 17.7 Å². The van der Waals surface area contributed by atoms with Crippen molar-refractivity contribution < 1.29 is 17.7 Å². The van der Waals surface area contributed by atoms with E-state index in [4.69, 9.17) is 69.1 Å². The third-order valence-corrected chi connectivity index (χ3v) is 18.8. The van der Waals surface area contributed by atoms with Crippen LogP contribution < -0.4 is 0 Å². The van der Waals surface area contributed by atoms with Gasteiger partial charge in [-0.25, -0.2) is 19.9 Å². The number of halogens is 4. The maximum absolute atomic E-state index is 6.31. The minimum atomic E-state index is 0.149. The summed E-state index contributed by atoms with van der Waals surface area (Å²) in [5.74, 6) is 4.25. The van der Waals surface area contributed by atoms with Crippen molar-refractivity contribution in [3.63, 3.8) is 0 Å². The van der Waals surface area contributed by atoms with Crippen molar-refractivity contribution in [3.8, 4) is 91.1 Å². The van der Waals surface area contributed by atoms with E-state index in [0.717, 1.165) is 143 Å². The Morgan fingerprint density at radius 3 is 1.04 bits per heavy atom. The molecule has 8 aromatic heterocycles. The molecule has 514 valence electrons. The van der Waals surface area contributed by atoms with E-state index in [-0.39, 0.29) is 21.1 Å². The average molecular weight is 1480 g/mol. The number of rotatable bonds is 8. The zero-order chi connectivity index (χ0) is 72.6. The summed E-state index contributed by atoms with van der Waals surface area (Å²) < 4.78 is 24.1. The van der Waals surface area contributed by atoms with Crippen LogP contribution in [0.4, 0.5) is 0 Å². The lowest BCUT2D eigenvalue weighted by Crippen LogP contribution is -1.97. The van der Waals surface area contributed by atoms with Gasteiger partial charge in [-0.05, 0) is 124 Å². The Balaban J connectivity index is 0.000000102. The minimum Gasteiger partial charge on any atom is -0.456 e. The Bertz CT molecular complexity index is 6960. The molecule has 0 saturated heterocycles. The van der Waals surface area contributed by atoms with Crippen molar-refractivity contribution >= 4 is 145 Å². The summed E-state index contributed by atoms with van der Waals surface area (Å²) in [7, 11) is 0. The Labute approximate surface area is 633 Å². The Hall–Kier alpha value is -13.5. The van der Waals surface area contributed by atoms with E-state index in [1.807, 2.05) is 279 Å². The van der Waals surface area contributed by atoms with E-state index >= 15 is 0 Å². The van der Waals surface area contributed by atoms with Gasteiger partial charge in [-0.1, -0.05) is 237 Å². The van der Waals surface area contributed by atoms with Gasteiger partial charge in [-0.15, -0.1) is 0 Å². The molecule has 108 heavy (non-hydrogen) atoms. The van der Waals surface area contributed by atoms with Crippen molar-refractivity contribution in [1.29, 1.82) is 0 Å². The van der Waals surface area contributed by atoms with E-state index < -0.39 is 0 Å². The van der Waals surface area contributed by atoms with Crippen LogP contribution in [-0.4, -0.2) is 59.8 Å². The van der Waals surface area contributed by atoms with Crippen LogP contribution in [0.2, 0.25) is 21.1 Å². The number of furan rings is 4. The van der Waals surface area contributed by atoms with Crippen molar-refractivity contribution in [2.45, 2.75) is 0 Å². The molecule has 0 atom stereocenters. The fourth-order valence-electron chi connectivity index (χ4n) is 13.2. The first-order valence-corrected chi connectivity index (χ1v) is 35.6. The Kier molecular flexibility index (Phi) is 17.8. The number of aromatic nitrogens is 12. The fourth-order valence-corrected chi connectivity index (χ4v) is 13.8. The van der Waals surface area contributed by atoms with Crippen LogP contribution in [0.25, 0.3) is 190 Å². The number of benzene rings is 13. The maximum Gasteiger partial charge on any atom is 0.226 e. The molecule has 0 aliphatic carbocycles. The Morgan fingerprint density at radius 2 is 0.519 bits per heavy atom. The van der Waals surface area contributed by atoms with Crippen molar-refractivity contribution in [2.24, 2.45) is 0 Å². The van der Waals surface area contributed by atoms with E-state index in [0.29, 0.717) is 46.6 Å². The van der Waals surface area contributed by atoms with Crippen LogP contribution in [0.5, 0.6) is 0 Å². The standard InChI is InChI=1S/C25H14ClN3O.3C21H12ClN3O/c26-25-28-23(15-8-2-1-3-9-15)27-24(29-25)19-14-16-10-4-5-11-17(16)21-18-12-6-7-13-20(18)30-22(19)21;22-21-24-19(13-7-2-1-3-8-13)23-20(25-21)15-10-6-12-17-18(15)14-9-4-5-11-16(14)26-17;22-21-24-19(13-6-2-1-3-7-13)23-20(25-21)14-10-11-18-16(12-14)15-8-4-5-9-17(15)26-18;22-21-24-19(13-6-2-1-3-7-13)23-20(25-21)14-10-11-16-15-8-4-5-9-17(15)26-18(16)12-14/h1-14H;3*1-12H. The monoisotopic (exact) mass is 1480 g/mol. The SMILES string of the molecule is Clc1nc(-c2ccccc2)nc(-c2cc3ccccc3c3c2oc2ccccc23)n1.Clc1nc(-c2ccccc2)nc(-c2ccc3c(c2)oc2ccccc23)n1.Clc1nc(-c2ccccc2)nc(-c2ccc3oc4ccccc4c3c2)n1.Clc1nc(-c2ccccc2)nc(-c2cccc3oc4ccccc4c23)n1. The fraction of sp³-hybridized carbons (Fsp3) is 0. The van der Waals surface area contributed by atoms with E-state index in [9.17, 15) is 0 Å². The van der Waals surface area contributed by atoms with Gasteiger partial charge >= 0.3 is 0 Å². The lowest BCUT2D eigenvalue weighted by atomic mass is 10.00. The molecule has 0 aliphatic heterocycles. The van der Waals surface area contributed by atoms with E-state index in [1.54, 1.807) is 0 Å². The summed E-state index contributed by atoms with van der Waals surface area (Å²) in [5.41, 5.74) is 13.5. The van der Waals surface area contributed by atoms with E-state index in [2.05, 4.69) is 79.1 Å². The average Bonchev–Trinajstić information content (AvgIpc) is 1.56. The molecule has 0 amide bonds. The smallest absolute Gasteiger partial charge is 0.226 e. The van der Waals surface area contributed by atoms with Crippen molar-refractivity contribution in [3.05, 3.63) is 324 Å². The molecule has 0 N–H and O–H groups in total. The molecular formula is C88H50Cl4N12O4. The van der Waals surface area contributed by atoms with Gasteiger partial charge in [0, 0.05) is 82.0 Å². The van der Waals surface area contributed by atoms with Crippen molar-refractivity contribution in [1.82, 2.24) is 59.8 Å². The lowest BCUT2D eigenvalue weighted by Gasteiger charge is -2.08. The predicted octanol–water partition coefficient (Wildman–Crippen LogP) is 24.2. The molecule has 0 saturated carbocycles. The van der Waals surface area contributed by atoms with Crippen LogP contribution >= 0.6 is 46.4 Å². The first kappa shape index (κ1) is 66.5. The maximum atomic E-state index is 6.31. The second-order valence-electron chi connectivity index (χ2n) is 24.8. The number of para-hydroxylation sites is 4. The van der Waals surface area contributed by atoms with Gasteiger partial charge in [0.15, 0.2) is 46.6 Å². The van der Waals surface area contributed by atoms with Gasteiger partial charge in [0.1, 0.15) is 44.7 Å². The Morgan fingerprint density at radius 1 is 0.185 bits per heavy atom. The summed E-state index contributed by atoms with van der Waals surface area (Å²) in [6, 6.07) is 98.8. The van der Waals surface area contributed by atoms with Gasteiger partial charge in [0.25, 0.3) is 0 Å². The molecule has 20 heteroatoms. The third-order valence-electron chi connectivity index (χ3n) is 18.1. The highest BCUT2D eigenvalue weighted by molar-refractivity contribution is 6.30. The van der Waals surface area contributed by atoms with Gasteiger partial charge in [-0.3, -0.25) is 0 Å². The molecule has 0 spiro atoms. The zero-order valence-electron chi connectivity index (χ0n) is 56.4. The van der Waals surface area contributed by atoms with Crippen LogP contribution in [0.15, 0.2) is 321 Å². The first-order chi connectivity index (χ1) is 53.1. The topological polar surface area (TPSA) is 207 Å². The summed E-state index contributed by atoms with van der Waals surface area (Å²) in [6.45, 7) is 0. The van der Waals surface area contributed by atoms with Gasteiger partial charge in [0.05, 0.1) is 5.56 Å². The quantitative estimate of drug-likeness (QED) is 0.139.